The van der Waals surface area contributed by atoms with Gasteiger partial charge in [0, 0.05) is 0 Å². The van der Waals surface area contributed by atoms with E-state index in [4.69, 9.17) is 21.0 Å². The number of benzene rings is 3. The Morgan fingerprint density at radius 2 is 1.68 bits per heavy atom. The minimum absolute atomic E-state index is 0.166. The van der Waals surface area contributed by atoms with Gasteiger partial charge in [0.15, 0.2) is 0 Å². The van der Waals surface area contributed by atoms with E-state index in [1.807, 2.05) is 80.6 Å². The molecular weight excluding hydrogens is 486 g/mol. The van der Waals surface area contributed by atoms with Crippen LogP contribution in [-0.4, -0.2) is 20.4 Å². The van der Waals surface area contributed by atoms with Gasteiger partial charge in [-0.25, -0.2) is 4.98 Å². The molecule has 37 heavy (non-hydrogen) atoms. The largest absolute Gasteiger partial charge is 0.467 e. The Labute approximate surface area is 219 Å². The van der Waals surface area contributed by atoms with Crippen molar-refractivity contribution in [3.63, 3.8) is 0 Å². The molecule has 0 N–H and O–H groups in total. The maximum absolute atomic E-state index is 13.9. The molecule has 2 aromatic heterocycles. The van der Waals surface area contributed by atoms with Crippen LogP contribution in [0.5, 0.6) is 0 Å². The summed E-state index contributed by atoms with van der Waals surface area (Å²) in [6.07, 6.45) is 1.56. The fraction of sp³-hybridized carbons (Fsp3) is 0.167. The Balaban J connectivity index is 1.66. The number of hydrogen-bond donors (Lipinski definition) is 0. The second-order valence-corrected chi connectivity index (χ2v) is 9.39. The standard InChI is InChI=1S/C30H26ClN3O3/c1-20-14-16-23(17-15-20)34-28(32-26-13-7-6-12-25(26)29(34)35)21(2)33(19-24-11-8-18-37-24)30(36)27(31)22-9-4-3-5-10-22/h3-18,21,27H,19H2,1-2H3. The van der Waals surface area contributed by atoms with E-state index < -0.39 is 11.4 Å². The van der Waals surface area contributed by atoms with Crippen LogP contribution in [0, 0.1) is 6.92 Å². The van der Waals surface area contributed by atoms with Crippen molar-refractivity contribution in [3.05, 3.63) is 130 Å². The molecule has 0 radical (unpaired) electrons. The molecular formula is C30H26ClN3O3. The van der Waals surface area contributed by atoms with Gasteiger partial charge in [-0.2, -0.15) is 0 Å². The fourth-order valence-corrected chi connectivity index (χ4v) is 4.67. The number of fused-ring (bicyclic) bond motifs is 1. The molecule has 0 fully saturated rings. The molecule has 5 rings (SSSR count). The van der Waals surface area contributed by atoms with E-state index in [0.717, 1.165) is 5.56 Å². The average Bonchev–Trinajstić information content (AvgIpc) is 3.45. The van der Waals surface area contributed by atoms with Crippen LogP contribution in [0.3, 0.4) is 0 Å². The lowest BCUT2D eigenvalue weighted by Gasteiger charge is -2.31. The quantitative estimate of drug-likeness (QED) is 0.238. The van der Waals surface area contributed by atoms with E-state index in [0.29, 0.717) is 33.7 Å². The van der Waals surface area contributed by atoms with Crippen molar-refractivity contribution in [2.45, 2.75) is 31.8 Å². The van der Waals surface area contributed by atoms with Gasteiger partial charge in [-0.1, -0.05) is 60.2 Å². The first kappa shape index (κ1) is 24.5. The van der Waals surface area contributed by atoms with Crippen molar-refractivity contribution in [2.24, 2.45) is 0 Å². The van der Waals surface area contributed by atoms with Crippen LogP contribution < -0.4 is 5.56 Å². The molecule has 186 valence electrons. The molecule has 1 amide bonds. The first-order chi connectivity index (χ1) is 17.9. The molecule has 3 aromatic carbocycles. The molecule has 2 atom stereocenters. The maximum Gasteiger partial charge on any atom is 0.266 e. The summed E-state index contributed by atoms with van der Waals surface area (Å²) in [6.45, 7) is 4.01. The Morgan fingerprint density at radius 1 is 0.973 bits per heavy atom. The zero-order valence-corrected chi connectivity index (χ0v) is 21.3. The van der Waals surface area contributed by atoms with Gasteiger partial charge in [0.2, 0.25) is 5.91 Å². The predicted octanol–water partition coefficient (Wildman–Crippen LogP) is 6.36. The number of rotatable bonds is 7. The summed E-state index contributed by atoms with van der Waals surface area (Å²) in [5, 5.41) is -0.416. The molecule has 6 nitrogen and oxygen atoms in total. The SMILES string of the molecule is Cc1ccc(-n2c(C(C)N(Cc3ccco3)C(=O)C(Cl)c3ccccc3)nc3ccccc3c2=O)cc1. The van der Waals surface area contributed by atoms with Crippen LogP contribution in [-0.2, 0) is 11.3 Å². The number of aromatic nitrogens is 2. The Bertz CT molecular complexity index is 1580. The molecule has 5 aromatic rings. The van der Waals surface area contributed by atoms with Crippen molar-refractivity contribution >= 4 is 28.4 Å². The molecule has 7 heteroatoms. The maximum atomic E-state index is 13.9. The number of amides is 1. The highest BCUT2D eigenvalue weighted by atomic mass is 35.5. The number of aryl methyl sites for hydroxylation is 1. The monoisotopic (exact) mass is 511 g/mol. The van der Waals surface area contributed by atoms with E-state index in [1.54, 1.807) is 40.0 Å². The molecule has 0 spiro atoms. The number of halogens is 1. The van der Waals surface area contributed by atoms with Crippen LogP contribution in [0.2, 0.25) is 0 Å². The van der Waals surface area contributed by atoms with Crippen molar-refractivity contribution in [1.29, 1.82) is 0 Å². The Hall–Kier alpha value is -4.16. The van der Waals surface area contributed by atoms with Crippen LogP contribution >= 0.6 is 11.6 Å². The summed E-state index contributed by atoms with van der Waals surface area (Å²) in [6, 6.07) is 27.1. The summed E-state index contributed by atoms with van der Waals surface area (Å²) in [4.78, 5) is 34.2. The van der Waals surface area contributed by atoms with Crippen LogP contribution in [0.25, 0.3) is 16.6 Å². The van der Waals surface area contributed by atoms with Gasteiger partial charge in [0.25, 0.3) is 5.56 Å². The summed E-state index contributed by atoms with van der Waals surface area (Å²) in [5.74, 6) is 0.723. The number of nitrogens with zero attached hydrogens (tertiary/aromatic N) is 3. The predicted molar refractivity (Wildman–Crippen MR) is 145 cm³/mol. The lowest BCUT2D eigenvalue weighted by atomic mass is 10.1. The zero-order chi connectivity index (χ0) is 25.9. The minimum atomic E-state index is -0.918. The minimum Gasteiger partial charge on any atom is -0.467 e. The topological polar surface area (TPSA) is 68.3 Å². The molecule has 0 saturated heterocycles. The lowest BCUT2D eigenvalue weighted by molar-refractivity contribution is -0.134. The summed E-state index contributed by atoms with van der Waals surface area (Å²) in [7, 11) is 0. The molecule has 0 saturated carbocycles. The van der Waals surface area contributed by atoms with E-state index in [9.17, 15) is 9.59 Å². The van der Waals surface area contributed by atoms with Crippen LogP contribution in [0.1, 0.15) is 41.1 Å². The van der Waals surface area contributed by atoms with Gasteiger partial charge < -0.3 is 9.32 Å². The highest BCUT2D eigenvalue weighted by Crippen LogP contribution is 2.30. The number of carbonyl (C=O) groups excluding carboxylic acids is 1. The third-order valence-electron chi connectivity index (χ3n) is 6.43. The summed E-state index contributed by atoms with van der Waals surface area (Å²) < 4.78 is 7.17. The summed E-state index contributed by atoms with van der Waals surface area (Å²) in [5.41, 5.74) is 2.79. The molecule has 0 bridgehead atoms. The first-order valence-electron chi connectivity index (χ1n) is 12.0. The van der Waals surface area contributed by atoms with Gasteiger partial charge >= 0.3 is 0 Å². The molecule has 0 aliphatic carbocycles. The van der Waals surface area contributed by atoms with E-state index >= 15 is 0 Å². The second kappa shape index (κ2) is 10.4. The molecule has 0 aliphatic heterocycles. The van der Waals surface area contributed by atoms with Crippen molar-refractivity contribution in [3.8, 4) is 5.69 Å². The number of hydrogen-bond acceptors (Lipinski definition) is 4. The van der Waals surface area contributed by atoms with Crippen molar-refractivity contribution in [1.82, 2.24) is 14.5 Å². The molecule has 0 aliphatic rings. The fourth-order valence-electron chi connectivity index (χ4n) is 4.40. The van der Waals surface area contributed by atoms with Crippen LogP contribution in [0.4, 0.5) is 0 Å². The van der Waals surface area contributed by atoms with E-state index in [2.05, 4.69) is 0 Å². The Kier molecular flexibility index (Phi) is 6.93. The third-order valence-corrected chi connectivity index (χ3v) is 6.87. The molecule has 2 heterocycles. The van der Waals surface area contributed by atoms with Gasteiger partial charge in [-0.15, -0.1) is 11.6 Å². The van der Waals surface area contributed by atoms with Gasteiger partial charge in [-0.3, -0.25) is 14.2 Å². The first-order valence-corrected chi connectivity index (χ1v) is 12.5. The van der Waals surface area contributed by atoms with Crippen LogP contribution in [0.15, 0.2) is 106 Å². The van der Waals surface area contributed by atoms with Crippen molar-refractivity contribution in [2.75, 3.05) is 0 Å². The normalized spacial score (nSPS) is 12.8. The lowest BCUT2D eigenvalue weighted by Crippen LogP contribution is -2.38. The van der Waals surface area contributed by atoms with Gasteiger partial charge in [-0.05, 0) is 55.8 Å². The smallest absolute Gasteiger partial charge is 0.266 e. The van der Waals surface area contributed by atoms with E-state index in [-0.39, 0.29) is 18.0 Å². The summed E-state index contributed by atoms with van der Waals surface area (Å²) >= 11 is 6.71. The molecule has 2 unspecified atom stereocenters. The highest BCUT2D eigenvalue weighted by Gasteiger charge is 2.32. The number of furan rings is 1. The third kappa shape index (κ3) is 4.93. The van der Waals surface area contributed by atoms with E-state index in [1.165, 1.54) is 0 Å². The van der Waals surface area contributed by atoms with Gasteiger partial charge in [0.05, 0.1) is 35.4 Å². The van der Waals surface area contributed by atoms with Gasteiger partial charge in [0.1, 0.15) is 17.0 Å². The van der Waals surface area contributed by atoms with Crippen molar-refractivity contribution < 1.29 is 9.21 Å². The number of para-hydroxylation sites is 1. The average molecular weight is 512 g/mol. The Morgan fingerprint density at radius 3 is 2.38 bits per heavy atom. The number of alkyl halides is 1. The number of carbonyl (C=O) groups is 1. The second-order valence-electron chi connectivity index (χ2n) is 8.96. The highest BCUT2D eigenvalue weighted by molar-refractivity contribution is 6.30. The zero-order valence-electron chi connectivity index (χ0n) is 20.5.